The molecule has 2 N–H and O–H groups in total. The highest BCUT2D eigenvalue weighted by Gasteiger charge is 2.21. The van der Waals surface area contributed by atoms with Crippen molar-refractivity contribution in [2.24, 2.45) is 7.05 Å². The van der Waals surface area contributed by atoms with Crippen LogP contribution in [0.15, 0.2) is 6.33 Å². The molecule has 0 saturated heterocycles. The first kappa shape index (κ1) is 12.9. The van der Waals surface area contributed by atoms with E-state index in [1.54, 1.807) is 7.05 Å². The van der Waals surface area contributed by atoms with Crippen LogP contribution in [0.4, 0.5) is 4.79 Å². The fraction of sp³-hybridized carbons (Fsp3) is 0.556. The number of carbonyl (C=O) groups excluding carboxylic acids is 1. The molecule has 0 aliphatic carbocycles. The van der Waals surface area contributed by atoms with Gasteiger partial charge in [-0.1, -0.05) is 0 Å². The Hall–Kier alpha value is -2.12. The topological polar surface area (TPSA) is 100 Å². The van der Waals surface area contributed by atoms with E-state index in [2.05, 4.69) is 15.4 Å². The molecule has 8 heteroatoms. The highest BCUT2D eigenvalue weighted by atomic mass is 16.4. The Bertz CT molecular complexity index is 417. The second kappa shape index (κ2) is 5.28. The number of hydrogen-bond donors (Lipinski definition) is 2. The maximum Gasteiger partial charge on any atom is 0.326 e. The molecule has 0 aliphatic rings. The summed E-state index contributed by atoms with van der Waals surface area (Å²) in [6.45, 7) is 1.59. The largest absolute Gasteiger partial charge is 0.480 e. The summed E-state index contributed by atoms with van der Waals surface area (Å²) in [7, 11) is 3.14. The van der Waals surface area contributed by atoms with Crippen molar-refractivity contribution in [1.82, 2.24) is 25.0 Å². The predicted octanol–water partition coefficient (Wildman–Crippen LogP) is -0.570. The summed E-state index contributed by atoms with van der Waals surface area (Å²) in [4.78, 5) is 27.3. The number of nitrogens with zero attached hydrogens (tertiary/aromatic N) is 4. The third-order valence-corrected chi connectivity index (χ3v) is 2.30. The molecule has 0 aliphatic heterocycles. The maximum atomic E-state index is 11.6. The molecule has 0 fully saturated rings. The van der Waals surface area contributed by atoms with Gasteiger partial charge in [-0.2, -0.15) is 5.10 Å². The maximum absolute atomic E-state index is 11.6. The van der Waals surface area contributed by atoms with Gasteiger partial charge in [-0.25, -0.2) is 14.6 Å². The summed E-state index contributed by atoms with van der Waals surface area (Å²) in [5.41, 5.74) is 0. The molecule has 0 bridgehead atoms. The summed E-state index contributed by atoms with van der Waals surface area (Å²) < 4.78 is 1.52. The number of nitrogens with one attached hydrogen (secondary N) is 1. The molecule has 94 valence electrons. The summed E-state index contributed by atoms with van der Waals surface area (Å²) in [5, 5.41) is 15.3. The van der Waals surface area contributed by atoms with Crippen molar-refractivity contribution in [2.75, 3.05) is 7.05 Å². The van der Waals surface area contributed by atoms with Crippen LogP contribution in [0.1, 0.15) is 12.7 Å². The predicted molar refractivity (Wildman–Crippen MR) is 58.1 cm³/mol. The third-order valence-electron chi connectivity index (χ3n) is 2.30. The highest BCUT2D eigenvalue weighted by Crippen LogP contribution is 1.97. The zero-order valence-electron chi connectivity index (χ0n) is 9.91. The lowest BCUT2D eigenvalue weighted by Gasteiger charge is -2.21. The Morgan fingerprint density at radius 3 is 2.76 bits per heavy atom. The zero-order chi connectivity index (χ0) is 13.0. The van der Waals surface area contributed by atoms with Crippen molar-refractivity contribution in [3.05, 3.63) is 12.2 Å². The number of aryl methyl sites for hydroxylation is 1. The summed E-state index contributed by atoms with van der Waals surface area (Å²) in [6, 6.07) is -1.36. The fourth-order valence-electron chi connectivity index (χ4n) is 1.09. The van der Waals surface area contributed by atoms with E-state index in [1.807, 2.05) is 0 Å². The number of urea groups is 1. The molecule has 1 heterocycles. The standard InChI is InChI=1S/C9H15N5O3/c1-6(8(15)16)14(3)9(17)10-4-7-11-5-13(2)12-7/h5-6H,4H2,1-3H3,(H,10,17)(H,15,16). The Balaban J connectivity index is 2.47. The second-order valence-electron chi connectivity index (χ2n) is 3.62. The van der Waals surface area contributed by atoms with E-state index in [0.29, 0.717) is 5.82 Å². The number of aromatic nitrogens is 3. The average Bonchev–Trinajstić information content (AvgIpc) is 2.69. The Morgan fingerprint density at radius 2 is 2.29 bits per heavy atom. The summed E-state index contributed by atoms with van der Waals surface area (Å²) in [6.07, 6.45) is 1.52. The van der Waals surface area contributed by atoms with Crippen LogP contribution < -0.4 is 5.32 Å². The van der Waals surface area contributed by atoms with E-state index in [0.717, 1.165) is 4.90 Å². The fourth-order valence-corrected chi connectivity index (χ4v) is 1.09. The average molecular weight is 241 g/mol. The van der Waals surface area contributed by atoms with Gasteiger partial charge >= 0.3 is 12.0 Å². The molecule has 0 spiro atoms. The van der Waals surface area contributed by atoms with Crippen LogP contribution in [0.25, 0.3) is 0 Å². The number of rotatable bonds is 4. The number of carboxylic acid groups (broad SMARTS) is 1. The van der Waals surface area contributed by atoms with Crippen molar-refractivity contribution in [3.8, 4) is 0 Å². The van der Waals surface area contributed by atoms with Gasteiger partial charge in [0.25, 0.3) is 0 Å². The number of aliphatic carboxylic acids is 1. The lowest BCUT2D eigenvalue weighted by molar-refractivity contribution is -0.141. The van der Waals surface area contributed by atoms with E-state index in [4.69, 9.17) is 5.11 Å². The number of amides is 2. The van der Waals surface area contributed by atoms with Crippen LogP contribution in [0, 0.1) is 0 Å². The molecule has 1 aromatic rings. The van der Waals surface area contributed by atoms with Crippen LogP contribution in [0.5, 0.6) is 0 Å². The molecule has 1 rings (SSSR count). The van der Waals surface area contributed by atoms with Crippen molar-refractivity contribution in [2.45, 2.75) is 19.5 Å². The lowest BCUT2D eigenvalue weighted by Crippen LogP contribution is -2.45. The zero-order valence-corrected chi connectivity index (χ0v) is 9.91. The first-order valence-electron chi connectivity index (χ1n) is 4.99. The first-order chi connectivity index (χ1) is 7.91. The summed E-state index contributed by atoms with van der Waals surface area (Å²) >= 11 is 0. The molecule has 0 aromatic carbocycles. The van der Waals surface area contributed by atoms with Gasteiger partial charge in [0.1, 0.15) is 12.4 Å². The quantitative estimate of drug-likeness (QED) is 0.735. The van der Waals surface area contributed by atoms with Crippen molar-refractivity contribution >= 4 is 12.0 Å². The molecule has 1 aromatic heterocycles. The van der Waals surface area contributed by atoms with Crippen LogP contribution in [-0.4, -0.2) is 49.9 Å². The van der Waals surface area contributed by atoms with Gasteiger partial charge in [0.2, 0.25) is 0 Å². The van der Waals surface area contributed by atoms with Crippen molar-refractivity contribution in [1.29, 1.82) is 0 Å². The Morgan fingerprint density at radius 1 is 1.65 bits per heavy atom. The highest BCUT2D eigenvalue weighted by molar-refractivity contribution is 5.81. The SMILES string of the molecule is CC(C(=O)O)N(C)C(=O)NCc1ncn(C)n1. The number of hydrogen-bond acceptors (Lipinski definition) is 4. The van der Waals surface area contributed by atoms with E-state index in [-0.39, 0.29) is 6.54 Å². The Kier molecular flexibility index (Phi) is 4.02. The van der Waals surface area contributed by atoms with Gasteiger partial charge in [0, 0.05) is 14.1 Å². The smallest absolute Gasteiger partial charge is 0.326 e. The van der Waals surface area contributed by atoms with E-state index in [9.17, 15) is 9.59 Å². The van der Waals surface area contributed by atoms with Gasteiger partial charge in [-0.15, -0.1) is 0 Å². The van der Waals surface area contributed by atoms with Gasteiger partial charge in [0.05, 0.1) is 6.54 Å². The van der Waals surface area contributed by atoms with E-state index >= 15 is 0 Å². The normalized spacial score (nSPS) is 11.9. The summed E-state index contributed by atoms with van der Waals surface area (Å²) in [5.74, 6) is -0.587. The minimum absolute atomic E-state index is 0.163. The molecule has 0 saturated carbocycles. The van der Waals surface area contributed by atoms with Crippen LogP contribution in [0.3, 0.4) is 0 Å². The van der Waals surface area contributed by atoms with Gasteiger partial charge in [-0.05, 0) is 6.92 Å². The number of likely N-dealkylation sites (N-methyl/N-ethyl adjacent to an activating group) is 1. The second-order valence-corrected chi connectivity index (χ2v) is 3.62. The molecule has 17 heavy (non-hydrogen) atoms. The van der Waals surface area contributed by atoms with E-state index < -0.39 is 18.0 Å². The Labute approximate surface area is 98.2 Å². The van der Waals surface area contributed by atoms with Crippen molar-refractivity contribution < 1.29 is 14.7 Å². The van der Waals surface area contributed by atoms with Gasteiger partial charge in [0.15, 0.2) is 5.82 Å². The van der Waals surface area contributed by atoms with Crippen molar-refractivity contribution in [3.63, 3.8) is 0 Å². The molecular formula is C9H15N5O3. The van der Waals surface area contributed by atoms with Gasteiger partial charge in [-0.3, -0.25) is 4.68 Å². The van der Waals surface area contributed by atoms with E-state index in [1.165, 1.54) is 25.0 Å². The molecule has 2 amide bonds. The third kappa shape index (κ3) is 3.44. The van der Waals surface area contributed by atoms with Gasteiger partial charge < -0.3 is 15.3 Å². The molecule has 0 radical (unpaired) electrons. The van der Waals surface area contributed by atoms with Crippen LogP contribution in [-0.2, 0) is 18.4 Å². The number of carboxylic acids is 1. The minimum Gasteiger partial charge on any atom is -0.480 e. The molecular weight excluding hydrogens is 226 g/mol. The van der Waals surface area contributed by atoms with Crippen LogP contribution in [0.2, 0.25) is 0 Å². The number of carbonyl (C=O) groups is 2. The first-order valence-corrected chi connectivity index (χ1v) is 4.99. The minimum atomic E-state index is -1.06. The molecule has 8 nitrogen and oxygen atoms in total. The monoisotopic (exact) mass is 241 g/mol. The molecule has 1 atom stereocenters. The molecule has 1 unspecified atom stereocenters. The lowest BCUT2D eigenvalue weighted by atomic mass is 10.3. The van der Waals surface area contributed by atoms with Crippen LogP contribution >= 0.6 is 0 Å².